The minimum atomic E-state index is -0.233. The SMILES string of the molecule is CN=C(NCc1cccc(F)c1)NCc1nnc2n1CCCCC2.I. The first-order valence-electron chi connectivity index (χ1n) is 8.36. The summed E-state index contributed by atoms with van der Waals surface area (Å²) in [6.07, 6.45) is 4.60. The van der Waals surface area contributed by atoms with Crippen LogP contribution in [0.3, 0.4) is 0 Å². The molecule has 1 aromatic carbocycles. The molecule has 0 saturated carbocycles. The average Bonchev–Trinajstić information content (AvgIpc) is 2.82. The number of guanidine groups is 1. The highest BCUT2D eigenvalue weighted by Gasteiger charge is 2.14. The normalized spacial score (nSPS) is 14.2. The molecule has 0 aliphatic carbocycles. The molecule has 2 N–H and O–H groups in total. The molecule has 0 bridgehead atoms. The van der Waals surface area contributed by atoms with Gasteiger partial charge in [0.15, 0.2) is 11.8 Å². The van der Waals surface area contributed by atoms with Crippen LogP contribution in [0.15, 0.2) is 29.3 Å². The van der Waals surface area contributed by atoms with E-state index in [1.807, 2.05) is 6.07 Å². The zero-order valence-electron chi connectivity index (χ0n) is 14.3. The van der Waals surface area contributed by atoms with E-state index in [-0.39, 0.29) is 29.8 Å². The summed E-state index contributed by atoms with van der Waals surface area (Å²) < 4.78 is 15.4. The Morgan fingerprint density at radius 2 is 2.04 bits per heavy atom. The summed E-state index contributed by atoms with van der Waals surface area (Å²) in [5, 5.41) is 15.0. The zero-order valence-corrected chi connectivity index (χ0v) is 16.7. The van der Waals surface area contributed by atoms with E-state index in [1.54, 1.807) is 13.1 Å². The number of fused-ring (bicyclic) bond motifs is 1. The minimum absolute atomic E-state index is 0. The number of halogens is 2. The number of nitrogens with zero attached hydrogens (tertiary/aromatic N) is 4. The molecule has 0 fully saturated rings. The van der Waals surface area contributed by atoms with Gasteiger partial charge in [0.1, 0.15) is 11.6 Å². The van der Waals surface area contributed by atoms with Gasteiger partial charge in [-0.1, -0.05) is 18.6 Å². The van der Waals surface area contributed by atoms with Gasteiger partial charge in [-0.25, -0.2) is 4.39 Å². The molecular weight excluding hydrogens is 434 g/mol. The Bertz CT molecular complexity index is 715. The number of hydrogen-bond donors (Lipinski definition) is 2. The summed E-state index contributed by atoms with van der Waals surface area (Å²) in [7, 11) is 1.71. The van der Waals surface area contributed by atoms with Crippen LogP contribution in [0.4, 0.5) is 4.39 Å². The van der Waals surface area contributed by atoms with Crippen LogP contribution in [-0.2, 0) is 26.1 Å². The maximum absolute atomic E-state index is 13.2. The molecule has 0 spiro atoms. The van der Waals surface area contributed by atoms with Crippen molar-refractivity contribution in [3.63, 3.8) is 0 Å². The van der Waals surface area contributed by atoms with Crippen molar-refractivity contribution in [1.82, 2.24) is 25.4 Å². The Kier molecular flexibility index (Phi) is 7.60. The molecule has 0 saturated heterocycles. The first-order valence-corrected chi connectivity index (χ1v) is 8.36. The Labute approximate surface area is 164 Å². The summed E-state index contributed by atoms with van der Waals surface area (Å²) in [5.74, 6) is 2.43. The highest BCUT2D eigenvalue weighted by molar-refractivity contribution is 14.0. The lowest BCUT2D eigenvalue weighted by Crippen LogP contribution is -2.37. The van der Waals surface area contributed by atoms with Crippen LogP contribution in [0.5, 0.6) is 0 Å². The van der Waals surface area contributed by atoms with Crippen molar-refractivity contribution in [3.8, 4) is 0 Å². The lowest BCUT2D eigenvalue weighted by Gasteiger charge is -2.12. The molecule has 0 atom stereocenters. The van der Waals surface area contributed by atoms with Crippen LogP contribution in [0, 0.1) is 5.82 Å². The van der Waals surface area contributed by atoms with Gasteiger partial charge >= 0.3 is 0 Å². The molecular formula is C17H24FIN6. The van der Waals surface area contributed by atoms with Crippen LogP contribution >= 0.6 is 24.0 Å². The van der Waals surface area contributed by atoms with Crippen LogP contribution in [0.2, 0.25) is 0 Å². The van der Waals surface area contributed by atoms with Crippen LogP contribution < -0.4 is 10.6 Å². The monoisotopic (exact) mass is 458 g/mol. The standard InChI is InChI=1S/C17H23FN6.HI/c1-19-17(20-11-13-6-5-7-14(18)10-13)21-12-16-23-22-15-8-3-2-4-9-24(15)16;/h5-7,10H,2-4,8-9,11-12H2,1H3,(H2,19,20,21);1H. The molecule has 0 radical (unpaired) electrons. The molecule has 1 aromatic heterocycles. The number of aliphatic imine (C=N–C) groups is 1. The highest BCUT2D eigenvalue weighted by atomic mass is 127. The Morgan fingerprint density at radius 1 is 1.20 bits per heavy atom. The van der Waals surface area contributed by atoms with Gasteiger partial charge in [0, 0.05) is 26.6 Å². The largest absolute Gasteiger partial charge is 0.352 e. The van der Waals surface area contributed by atoms with Crippen molar-refractivity contribution in [2.24, 2.45) is 4.99 Å². The van der Waals surface area contributed by atoms with Gasteiger partial charge in [-0.3, -0.25) is 4.99 Å². The fraction of sp³-hybridized carbons (Fsp3) is 0.471. The lowest BCUT2D eigenvalue weighted by atomic mass is 10.2. The third-order valence-corrected chi connectivity index (χ3v) is 4.17. The van der Waals surface area contributed by atoms with Gasteiger partial charge in [-0.2, -0.15) is 0 Å². The summed E-state index contributed by atoms with van der Waals surface area (Å²) in [5.41, 5.74) is 0.870. The summed E-state index contributed by atoms with van der Waals surface area (Å²) in [6.45, 7) is 2.06. The predicted octanol–water partition coefficient (Wildman–Crippen LogP) is 2.63. The van der Waals surface area contributed by atoms with Crippen molar-refractivity contribution in [1.29, 1.82) is 0 Å². The van der Waals surface area contributed by atoms with Gasteiger partial charge in [-0.15, -0.1) is 34.2 Å². The maximum atomic E-state index is 13.2. The van der Waals surface area contributed by atoms with Gasteiger partial charge in [0.05, 0.1) is 6.54 Å². The van der Waals surface area contributed by atoms with Gasteiger partial charge in [0.2, 0.25) is 0 Å². The summed E-state index contributed by atoms with van der Waals surface area (Å²) >= 11 is 0. The fourth-order valence-corrected chi connectivity index (χ4v) is 2.89. The number of aromatic nitrogens is 3. The fourth-order valence-electron chi connectivity index (χ4n) is 2.89. The first kappa shape index (κ1) is 19.6. The third kappa shape index (κ3) is 5.38. The second-order valence-electron chi connectivity index (χ2n) is 5.90. The van der Waals surface area contributed by atoms with Crippen LogP contribution in [0.25, 0.3) is 0 Å². The maximum Gasteiger partial charge on any atom is 0.191 e. The number of hydrogen-bond acceptors (Lipinski definition) is 3. The lowest BCUT2D eigenvalue weighted by molar-refractivity contribution is 0.596. The number of benzene rings is 1. The molecule has 1 aliphatic heterocycles. The zero-order chi connectivity index (χ0) is 16.8. The Morgan fingerprint density at radius 3 is 2.84 bits per heavy atom. The van der Waals surface area contributed by atoms with Gasteiger partial charge in [-0.05, 0) is 30.5 Å². The predicted molar refractivity (Wildman–Crippen MR) is 106 cm³/mol. The van der Waals surface area contributed by atoms with Crippen molar-refractivity contribution < 1.29 is 4.39 Å². The minimum Gasteiger partial charge on any atom is -0.352 e. The molecule has 25 heavy (non-hydrogen) atoms. The molecule has 2 aromatic rings. The van der Waals surface area contributed by atoms with Gasteiger partial charge in [0.25, 0.3) is 0 Å². The van der Waals surface area contributed by atoms with Crippen molar-refractivity contribution in [2.75, 3.05) is 7.05 Å². The second kappa shape index (κ2) is 9.69. The molecule has 136 valence electrons. The number of aryl methyl sites for hydroxylation is 1. The quantitative estimate of drug-likeness (QED) is 0.420. The van der Waals surface area contributed by atoms with E-state index in [2.05, 4.69) is 30.4 Å². The van der Waals surface area contributed by atoms with E-state index in [0.29, 0.717) is 19.0 Å². The smallest absolute Gasteiger partial charge is 0.191 e. The van der Waals surface area contributed by atoms with E-state index in [0.717, 1.165) is 30.2 Å². The van der Waals surface area contributed by atoms with E-state index < -0.39 is 0 Å². The van der Waals surface area contributed by atoms with E-state index in [9.17, 15) is 4.39 Å². The molecule has 0 unspecified atom stereocenters. The van der Waals surface area contributed by atoms with Gasteiger partial charge < -0.3 is 15.2 Å². The van der Waals surface area contributed by atoms with Crippen molar-refractivity contribution >= 4 is 29.9 Å². The van der Waals surface area contributed by atoms with Crippen molar-refractivity contribution in [3.05, 3.63) is 47.3 Å². The average molecular weight is 458 g/mol. The first-order chi connectivity index (χ1) is 11.8. The molecule has 3 rings (SSSR count). The number of nitrogens with one attached hydrogen (secondary N) is 2. The van der Waals surface area contributed by atoms with Crippen LogP contribution in [-0.4, -0.2) is 27.8 Å². The Hall–Kier alpha value is -1.71. The molecule has 0 amide bonds. The highest BCUT2D eigenvalue weighted by Crippen LogP contribution is 2.14. The van der Waals surface area contributed by atoms with E-state index >= 15 is 0 Å². The number of rotatable bonds is 4. The summed E-state index contributed by atoms with van der Waals surface area (Å²) in [6, 6.07) is 6.53. The molecule has 8 heteroatoms. The molecule has 1 aliphatic rings. The van der Waals surface area contributed by atoms with E-state index in [4.69, 9.17) is 0 Å². The second-order valence-corrected chi connectivity index (χ2v) is 5.90. The topological polar surface area (TPSA) is 67.1 Å². The van der Waals surface area contributed by atoms with Crippen LogP contribution in [0.1, 0.15) is 36.5 Å². The third-order valence-electron chi connectivity index (χ3n) is 4.17. The Balaban J connectivity index is 0.00000225. The molecule has 6 nitrogen and oxygen atoms in total. The van der Waals surface area contributed by atoms with E-state index in [1.165, 1.54) is 31.4 Å². The van der Waals surface area contributed by atoms with Crippen molar-refractivity contribution in [2.45, 2.75) is 45.3 Å². The summed E-state index contributed by atoms with van der Waals surface area (Å²) in [4.78, 5) is 4.20. The molecule has 2 heterocycles.